The van der Waals surface area contributed by atoms with Gasteiger partial charge in [0, 0.05) is 44.5 Å². The molecule has 0 radical (unpaired) electrons. The highest BCUT2D eigenvalue weighted by molar-refractivity contribution is 7.82. The van der Waals surface area contributed by atoms with Gasteiger partial charge in [0.25, 0.3) is 5.56 Å². The number of hydrogen-bond donors (Lipinski definition) is 3. The Labute approximate surface area is 290 Å². The number of amides is 1. The van der Waals surface area contributed by atoms with Gasteiger partial charge in [-0.05, 0) is 41.3 Å². The number of morpholine rings is 1. The molecule has 1 fully saturated rings. The second kappa shape index (κ2) is 15.5. The predicted octanol–water partition coefficient (Wildman–Crippen LogP) is 4.75. The van der Waals surface area contributed by atoms with Crippen molar-refractivity contribution < 1.29 is 32.2 Å². The monoisotopic (exact) mass is 733 g/mol. The summed E-state index contributed by atoms with van der Waals surface area (Å²) in [6.07, 6.45) is -5.35. The zero-order valence-corrected chi connectivity index (χ0v) is 28.6. The van der Waals surface area contributed by atoms with E-state index in [1.54, 1.807) is 12.2 Å². The summed E-state index contributed by atoms with van der Waals surface area (Å²) in [6, 6.07) is 29.3. The number of aromatic amines is 1. The first-order chi connectivity index (χ1) is 23.7. The first kappa shape index (κ1) is 37.2. The summed E-state index contributed by atoms with van der Waals surface area (Å²) in [5.74, 6) is -2.19. The highest BCUT2D eigenvalue weighted by atomic mass is 35.7. The third-order valence-electron chi connectivity index (χ3n) is 8.63. The van der Waals surface area contributed by atoms with Gasteiger partial charge >= 0.3 is 24.6 Å². The molecular weight excluding hydrogens is 698 g/mol. The van der Waals surface area contributed by atoms with Gasteiger partial charge in [-0.2, -0.15) is 13.2 Å². The third kappa shape index (κ3) is 8.28. The molecule has 266 valence electrons. The minimum absolute atomic E-state index is 0.0447. The quantitative estimate of drug-likeness (QED) is 0.140. The number of aromatic nitrogens is 2. The van der Waals surface area contributed by atoms with E-state index in [0.717, 1.165) is 21.4 Å². The van der Waals surface area contributed by atoms with Crippen LogP contribution in [0.15, 0.2) is 107 Å². The van der Waals surface area contributed by atoms with Crippen LogP contribution in [0.2, 0.25) is 0 Å². The second-order valence-corrected chi connectivity index (χ2v) is 14.7. The van der Waals surface area contributed by atoms with Crippen LogP contribution in [-0.4, -0.2) is 74.9 Å². The number of aryl methyl sites for hydroxylation is 1. The Morgan fingerprint density at radius 2 is 1.48 bits per heavy atom. The maximum Gasteiger partial charge on any atom is 0.471 e. The minimum atomic E-state index is -5.12. The number of alkyl halides is 3. The van der Waals surface area contributed by atoms with Crippen molar-refractivity contribution in [2.45, 2.75) is 37.4 Å². The van der Waals surface area contributed by atoms with Gasteiger partial charge in [-0.1, -0.05) is 91.0 Å². The summed E-state index contributed by atoms with van der Waals surface area (Å²) >= 11 is 5.81. The van der Waals surface area contributed by atoms with E-state index in [1.807, 2.05) is 91.0 Å². The SMILES string of the molecule is Cc1cn([C@H]2CN(C(c3ccccc3)(c3ccccc3)c3ccccc3)C[C@H](CCN(CCNC(=O)C(F)(F)F)P(=O)(O)Cl)O2)c(=O)[nH]c1=O. The van der Waals surface area contributed by atoms with E-state index in [1.165, 1.54) is 10.8 Å². The molecule has 3 N–H and O–H groups in total. The maximum absolute atomic E-state index is 13.2. The minimum Gasteiger partial charge on any atom is -0.352 e. The lowest BCUT2D eigenvalue weighted by molar-refractivity contribution is -0.173. The number of halogens is 4. The van der Waals surface area contributed by atoms with Crippen molar-refractivity contribution in [1.29, 1.82) is 0 Å². The lowest BCUT2D eigenvalue weighted by Crippen LogP contribution is -2.57. The van der Waals surface area contributed by atoms with E-state index in [0.29, 0.717) is 0 Å². The van der Waals surface area contributed by atoms with Gasteiger partial charge in [-0.15, -0.1) is 0 Å². The first-order valence-corrected chi connectivity index (χ1v) is 18.2. The van der Waals surface area contributed by atoms with Crippen LogP contribution >= 0.6 is 18.1 Å². The molecule has 0 spiro atoms. The Kier molecular flexibility index (Phi) is 11.5. The Hall–Kier alpha value is -4.04. The fourth-order valence-corrected chi connectivity index (χ4v) is 7.50. The lowest BCUT2D eigenvalue weighted by atomic mass is 9.75. The number of ether oxygens (including phenoxy) is 1. The zero-order valence-electron chi connectivity index (χ0n) is 26.9. The second-order valence-electron chi connectivity index (χ2n) is 11.9. The Balaban J connectivity index is 1.58. The summed E-state index contributed by atoms with van der Waals surface area (Å²) in [7, 11) is 0. The number of nitrogens with zero attached hydrogens (tertiary/aromatic N) is 3. The predicted molar refractivity (Wildman–Crippen MR) is 182 cm³/mol. The van der Waals surface area contributed by atoms with Crippen molar-refractivity contribution in [2.75, 3.05) is 32.7 Å². The average Bonchev–Trinajstić information content (AvgIpc) is 3.08. The van der Waals surface area contributed by atoms with Crippen molar-refractivity contribution in [2.24, 2.45) is 0 Å². The van der Waals surface area contributed by atoms with Crippen molar-refractivity contribution in [3.8, 4) is 0 Å². The van der Waals surface area contributed by atoms with Crippen LogP contribution < -0.4 is 16.6 Å². The Bertz CT molecular complexity index is 1830. The summed E-state index contributed by atoms with van der Waals surface area (Å²) in [6.45, 7) is -3.85. The van der Waals surface area contributed by atoms with Gasteiger partial charge in [-0.25, -0.2) is 9.46 Å². The molecule has 1 aromatic heterocycles. The van der Waals surface area contributed by atoms with Gasteiger partial charge < -0.3 is 14.9 Å². The van der Waals surface area contributed by atoms with Crippen molar-refractivity contribution in [1.82, 2.24) is 24.4 Å². The highest BCUT2D eigenvalue weighted by Crippen LogP contribution is 2.50. The van der Waals surface area contributed by atoms with Crippen LogP contribution in [0.25, 0.3) is 0 Å². The van der Waals surface area contributed by atoms with Crippen LogP contribution in [-0.2, 0) is 19.6 Å². The summed E-state index contributed by atoms with van der Waals surface area (Å²) < 4.78 is 59.5. The molecule has 50 heavy (non-hydrogen) atoms. The number of carbonyl (C=O) groups excluding carboxylic acids is 1. The molecule has 3 atom stereocenters. The number of H-pyrrole nitrogens is 1. The maximum atomic E-state index is 13.2. The van der Waals surface area contributed by atoms with E-state index >= 15 is 0 Å². The molecule has 0 aliphatic carbocycles. The number of nitrogens with one attached hydrogen (secondary N) is 2. The van der Waals surface area contributed by atoms with Gasteiger partial charge in [0.2, 0.25) is 0 Å². The molecule has 4 aromatic rings. The molecule has 1 aliphatic heterocycles. The highest BCUT2D eigenvalue weighted by Gasteiger charge is 2.46. The Morgan fingerprint density at radius 3 is 1.96 bits per heavy atom. The van der Waals surface area contributed by atoms with Gasteiger partial charge in [0.05, 0.1) is 11.6 Å². The number of hydrogen-bond acceptors (Lipinski definition) is 6. The van der Waals surface area contributed by atoms with Gasteiger partial charge in [-0.3, -0.25) is 28.6 Å². The fraction of sp³-hybridized carbons (Fsp3) is 0.324. The first-order valence-electron chi connectivity index (χ1n) is 15.7. The molecule has 1 saturated heterocycles. The number of benzene rings is 3. The van der Waals surface area contributed by atoms with E-state index in [9.17, 15) is 37.0 Å². The van der Waals surface area contributed by atoms with E-state index in [2.05, 4.69) is 9.88 Å². The summed E-state index contributed by atoms with van der Waals surface area (Å²) in [5.41, 5.74) is 0.803. The molecule has 2 heterocycles. The molecule has 3 aromatic carbocycles. The number of rotatable bonds is 12. The van der Waals surface area contributed by atoms with E-state index in [4.69, 9.17) is 16.0 Å². The smallest absolute Gasteiger partial charge is 0.352 e. The zero-order chi connectivity index (χ0) is 36.1. The van der Waals surface area contributed by atoms with Gasteiger partial charge in [0.15, 0.2) is 6.23 Å². The topological polar surface area (TPSA) is 137 Å². The molecule has 5 rings (SSSR count). The van der Waals surface area contributed by atoms with Crippen molar-refractivity contribution in [3.05, 3.63) is 140 Å². The van der Waals surface area contributed by atoms with Crippen LogP contribution in [0.4, 0.5) is 13.2 Å². The molecular formula is C34H36ClF3N5O6P. The molecule has 1 unspecified atom stereocenters. The molecule has 16 heteroatoms. The van der Waals surface area contributed by atoms with Crippen molar-refractivity contribution >= 4 is 24.0 Å². The molecule has 1 amide bonds. The summed E-state index contributed by atoms with van der Waals surface area (Å²) in [4.78, 5) is 51.6. The van der Waals surface area contributed by atoms with E-state index in [-0.39, 0.29) is 31.6 Å². The average molecular weight is 734 g/mol. The van der Waals surface area contributed by atoms with E-state index < -0.39 is 61.2 Å². The summed E-state index contributed by atoms with van der Waals surface area (Å²) in [5, 5.41) is 1.69. The van der Waals surface area contributed by atoms with Crippen LogP contribution in [0.1, 0.15) is 34.9 Å². The lowest BCUT2D eigenvalue weighted by Gasteiger charge is -2.51. The standard InChI is InChI=1S/C34H36ClF3N5O6P/c1-24-21-43(32(46)40-30(24)44)29-23-41(22-28(49-29)17-19-42(50(35,47)48)20-18-39-31(45)34(36,37)38)33(25-11-5-2-6-12-25,26-13-7-3-8-14-26)27-15-9-4-10-16-27/h2-16,21,28-29H,17-20,22-23H2,1H3,(H,39,45)(H,47,48)(H,40,44,46)/t28-,29+/m0/s1. The Morgan fingerprint density at radius 1 is 0.960 bits per heavy atom. The molecule has 0 bridgehead atoms. The van der Waals surface area contributed by atoms with Crippen LogP contribution in [0, 0.1) is 6.92 Å². The van der Waals surface area contributed by atoms with Crippen LogP contribution in [0.3, 0.4) is 0 Å². The number of carbonyl (C=O) groups is 1. The fourth-order valence-electron chi connectivity index (χ4n) is 6.34. The molecule has 1 aliphatic rings. The normalized spacial score (nSPS) is 18.5. The van der Waals surface area contributed by atoms with Gasteiger partial charge in [0.1, 0.15) is 0 Å². The molecule has 0 saturated carbocycles. The largest absolute Gasteiger partial charge is 0.471 e. The van der Waals surface area contributed by atoms with Crippen LogP contribution in [0.5, 0.6) is 0 Å². The third-order valence-corrected chi connectivity index (χ3v) is 10.4. The van der Waals surface area contributed by atoms with Crippen molar-refractivity contribution in [3.63, 3.8) is 0 Å². The molecule has 11 nitrogen and oxygen atoms in total.